The van der Waals surface area contributed by atoms with Crippen molar-refractivity contribution in [1.82, 2.24) is 0 Å². The minimum atomic E-state index is -0.417. The summed E-state index contributed by atoms with van der Waals surface area (Å²) >= 11 is 0. The maximum atomic E-state index is 11.0. The topological polar surface area (TPSA) is 54.0 Å². The Morgan fingerprint density at radius 3 is 2.03 bits per heavy atom. The van der Waals surface area contributed by atoms with Crippen molar-refractivity contribution in [2.45, 2.75) is 57.8 Å². The van der Waals surface area contributed by atoms with Crippen LogP contribution in [0.3, 0.4) is 0 Å². The van der Waals surface area contributed by atoms with E-state index in [0.29, 0.717) is 31.3 Å². The zero-order valence-electron chi connectivity index (χ0n) is 19.7. The smallest absolute Gasteiger partial charge is 0.330 e. The molecule has 3 rings (SSSR count). The van der Waals surface area contributed by atoms with Crippen LogP contribution in [0.4, 0.5) is 0 Å². The number of benzene rings is 2. The summed E-state index contributed by atoms with van der Waals surface area (Å²) in [7, 11) is 0. The summed E-state index contributed by atoms with van der Waals surface area (Å²) in [6.45, 7) is 6.56. The fourth-order valence-electron chi connectivity index (χ4n) is 4.31. The molecule has 0 heterocycles. The summed E-state index contributed by atoms with van der Waals surface area (Å²) in [5, 5.41) is 0. The van der Waals surface area contributed by atoms with Gasteiger partial charge < -0.3 is 18.9 Å². The van der Waals surface area contributed by atoms with Crippen molar-refractivity contribution in [2.75, 3.05) is 20.0 Å². The first kappa shape index (κ1) is 24.7. The Kier molecular flexibility index (Phi) is 10.1. The number of carbonyl (C=O) groups excluding carboxylic acids is 1. The Hall–Kier alpha value is -2.95. The number of esters is 1. The second-order valence-electron chi connectivity index (χ2n) is 8.53. The summed E-state index contributed by atoms with van der Waals surface area (Å²) in [5.41, 5.74) is 1.42. The number of carbonyl (C=O) groups is 1. The van der Waals surface area contributed by atoms with Gasteiger partial charge >= 0.3 is 5.97 Å². The highest BCUT2D eigenvalue weighted by Gasteiger charge is 2.21. The third-order valence-electron chi connectivity index (χ3n) is 6.14. The fourth-order valence-corrected chi connectivity index (χ4v) is 4.31. The first-order valence-corrected chi connectivity index (χ1v) is 12.1. The van der Waals surface area contributed by atoms with Crippen molar-refractivity contribution in [3.05, 3.63) is 66.7 Å². The summed E-state index contributed by atoms with van der Waals surface area (Å²) in [6.07, 6.45) is 9.77. The van der Waals surface area contributed by atoms with E-state index in [1.807, 2.05) is 36.4 Å². The third-order valence-corrected chi connectivity index (χ3v) is 6.14. The van der Waals surface area contributed by atoms with E-state index in [2.05, 4.69) is 25.6 Å². The van der Waals surface area contributed by atoms with Gasteiger partial charge in [-0.15, -0.1) is 0 Å². The highest BCUT2D eigenvalue weighted by Crippen LogP contribution is 2.37. The molecule has 0 aliphatic heterocycles. The molecule has 2 aromatic rings. The lowest BCUT2D eigenvalue weighted by Crippen LogP contribution is -2.13. The fraction of sp³-hybridized carbons (Fsp3) is 0.464. The van der Waals surface area contributed by atoms with Crippen molar-refractivity contribution < 1.29 is 23.7 Å². The largest absolute Gasteiger partial charge is 0.493 e. The van der Waals surface area contributed by atoms with Gasteiger partial charge in [-0.3, -0.25) is 0 Å². The highest BCUT2D eigenvalue weighted by atomic mass is 16.7. The van der Waals surface area contributed by atoms with Gasteiger partial charge in [0, 0.05) is 12.5 Å². The lowest BCUT2D eigenvalue weighted by molar-refractivity contribution is -0.137. The maximum absolute atomic E-state index is 11.0. The Labute approximate surface area is 197 Å². The monoisotopic (exact) mass is 452 g/mol. The van der Waals surface area contributed by atoms with Crippen LogP contribution in [0.2, 0.25) is 0 Å². The molecule has 0 radical (unpaired) electrons. The molecular formula is C28H36O5. The molecule has 5 heteroatoms. The molecular weight excluding hydrogens is 416 g/mol. The molecule has 0 aromatic heterocycles. The van der Waals surface area contributed by atoms with Crippen LogP contribution in [-0.2, 0) is 9.53 Å². The van der Waals surface area contributed by atoms with Gasteiger partial charge in [0.05, 0.1) is 13.2 Å². The van der Waals surface area contributed by atoms with Crippen LogP contribution in [0.15, 0.2) is 61.2 Å². The Bertz CT molecular complexity index is 836. The van der Waals surface area contributed by atoms with Crippen LogP contribution in [-0.4, -0.2) is 26.0 Å². The molecule has 178 valence electrons. The second kappa shape index (κ2) is 13.6. The van der Waals surface area contributed by atoms with Crippen LogP contribution in [0, 0.1) is 5.92 Å². The molecule has 0 amide bonds. The van der Waals surface area contributed by atoms with Gasteiger partial charge in [0.15, 0.2) is 0 Å². The molecule has 0 N–H and O–H groups in total. The zero-order chi connectivity index (χ0) is 23.3. The summed E-state index contributed by atoms with van der Waals surface area (Å²) in [4.78, 5) is 11.0. The predicted octanol–water partition coefficient (Wildman–Crippen LogP) is 6.67. The second-order valence-corrected chi connectivity index (χ2v) is 8.53. The average molecular weight is 453 g/mol. The van der Waals surface area contributed by atoms with E-state index in [9.17, 15) is 4.79 Å². The van der Waals surface area contributed by atoms with Crippen molar-refractivity contribution in [3.8, 4) is 17.2 Å². The van der Waals surface area contributed by atoms with Crippen molar-refractivity contribution in [3.63, 3.8) is 0 Å². The molecule has 1 fully saturated rings. The Morgan fingerprint density at radius 1 is 0.879 bits per heavy atom. The number of rotatable bonds is 13. The number of ether oxygens (including phenoxy) is 4. The SMILES string of the molecule is C=CC(=O)OCCCOc1ccc(OCOc2ccc(C3CCC(CCC)CC3)cc2)cc1. The van der Waals surface area contributed by atoms with E-state index < -0.39 is 5.97 Å². The molecule has 1 aliphatic rings. The summed E-state index contributed by atoms with van der Waals surface area (Å²) < 4.78 is 22.0. The Balaban J connectivity index is 1.33. The number of hydrogen-bond acceptors (Lipinski definition) is 5. The van der Waals surface area contributed by atoms with Crippen LogP contribution < -0.4 is 14.2 Å². The molecule has 33 heavy (non-hydrogen) atoms. The summed E-state index contributed by atoms with van der Waals surface area (Å²) in [5.74, 6) is 3.46. The summed E-state index contributed by atoms with van der Waals surface area (Å²) in [6, 6.07) is 15.8. The molecule has 2 aromatic carbocycles. The first-order chi connectivity index (χ1) is 16.2. The van der Waals surface area contributed by atoms with E-state index in [-0.39, 0.29) is 6.79 Å². The molecule has 0 spiro atoms. The Morgan fingerprint density at radius 2 is 1.45 bits per heavy atom. The first-order valence-electron chi connectivity index (χ1n) is 12.1. The molecule has 0 unspecified atom stereocenters. The maximum Gasteiger partial charge on any atom is 0.330 e. The van der Waals surface area contributed by atoms with Gasteiger partial charge in [-0.05, 0) is 79.5 Å². The molecule has 0 saturated heterocycles. The minimum Gasteiger partial charge on any atom is -0.493 e. The van der Waals surface area contributed by atoms with Gasteiger partial charge in [0.2, 0.25) is 6.79 Å². The van der Waals surface area contributed by atoms with Gasteiger partial charge in [-0.25, -0.2) is 4.79 Å². The normalized spacial score (nSPS) is 17.7. The molecule has 0 atom stereocenters. The molecule has 1 aliphatic carbocycles. The van der Waals surface area contributed by atoms with Crippen LogP contribution in [0.5, 0.6) is 17.2 Å². The van der Waals surface area contributed by atoms with E-state index in [1.54, 1.807) is 0 Å². The van der Waals surface area contributed by atoms with Gasteiger partial charge in [0.25, 0.3) is 0 Å². The highest BCUT2D eigenvalue weighted by molar-refractivity contribution is 5.81. The average Bonchev–Trinajstić information content (AvgIpc) is 2.86. The van der Waals surface area contributed by atoms with Gasteiger partial charge in [-0.1, -0.05) is 38.5 Å². The van der Waals surface area contributed by atoms with E-state index in [0.717, 1.165) is 23.5 Å². The third kappa shape index (κ3) is 8.49. The van der Waals surface area contributed by atoms with E-state index in [4.69, 9.17) is 18.9 Å². The lowest BCUT2D eigenvalue weighted by Gasteiger charge is -2.28. The van der Waals surface area contributed by atoms with E-state index in [1.165, 1.54) is 44.1 Å². The van der Waals surface area contributed by atoms with Gasteiger partial charge in [0.1, 0.15) is 17.2 Å². The minimum absolute atomic E-state index is 0.149. The van der Waals surface area contributed by atoms with Crippen molar-refractivity contribution in [1.29, 1.82) is 0 Å². The molecule has 5 nitrogen and oxygen atoms in total. The zero-order valence-corrected chi connectivity index (χ0v) is 19.7. The lowest BCUT2D eigenvalue weighted by atomic mass is 9.77. The van der Waals surface area contributed by atoms with E-state index >= 15 is 0 Å². The number of hydrogen-bond donors (Lipinski definition) is 0. The van der Waals surface area contributed by atoms with Crippen molar-refractivity contribution in [2.24, 2.45) is 5.92 Å². The van der Waals surface area contributed by atoms with Gasteiger partial charge in [-0.2, -0.15) is 0 Å². The molecule has 1 saturated carbocycles. The molecule has 0 bridgehead atoms. The van der Waals surface area contributed by atoms with Crippen LogP contribution in [0.25, 0.3) is 0 Å². The quantitative estimate of drug-likeness (QED) is 0.147. The van der Waals surface area contributed by atoms with Crippen LogP contribution in [0.1, 0.15) is 63.4 Å². The standard InChI is InChI=1S/C28H36O5/c1-3-6-22-7-9-23(10-8-22)24-11-13-26(14-12-24)32-21-33-27-17-15-25(16-18-27)30-19-5-20-31-28(29)4-2/h4,11-18,22-23H,2-3,5-10,19-21H2,1H3. The predicted molar refractivity (Wildman–Crippen MR) is 130 cm³/mol. The van der Waals surface area contributed by atoms with Crippen LogP contribution >= 0.6 is 0 Å². The van der Waals surface area contributed by atoms with Crippen molar-refractivity contribution >= 4 is 5.97 Å².